The fraction of sp³-hybridized carbons (Fsp3) is 0. The van der Waals surface area contributed by atoms with E-state index in [9.17, 15) is 9.59 Å². The Bertz CT molecular complexity index is 799. The van der Waals surface area contributed by atoms with Crippen molar-refractivity contribution in [2.24, 2.45) is 0 Å². The summed E-state index contributed by atoms with van der Waals surface area (Å²) in [4.78, 5) is 22.4. The fourth-order valence-corrected chi connectivity index (χ4v) is 2.55. The van der Waals surface area contributed by atoms with E-state index < -0.39 is 10.9 Å². The van der Waals surface area contributed by atoms with E-state index in [0.29, 0.717) is 0 Å². The minimum absolute atomic E-state index is 0.00550. The summed E-state index contributed by atoms with van der Waals surface area (Å²) < 4.78 is 0. The summed E-state index contributed by atoms with van der Waals surface area (Å²) in [6.45, 7) is 0. The van der Waals surface area contributed by atoms with Gasteiger partial charge < -0.3 is 11.1 Å². The Balaban J connectivity index is 1.93. The van der Waals surface area contributed by atoms with Crippen LogP contribution < -0.4 is 21.9 Å². The quantitative estimate of drug-likeness (QED) is 0.716. The van der Waals surface area contributed by atoms with Gasteiger partial charge >= 0.3 is 0 Å². The van der Waals surface area contributed by atoms with Gasteiger partial charge in [0.25, 0.3) is 10.9 Å². The summed E-state index contributed by atoms with van der Waals surface area (Å²) in [5.74, 6) is 0. The summed E-state index contributed by atoms with van der Waals surface area (Å²) in [5.41, 5.74) is 7.41. The number of benzene rings is 1. The van der Waals surface area contributed by atoms with Gasteiger partial charge in [-0.3, -0.25) is 9.59 Å². The minimum atomic E-state index is -0.614. The van der Waals surface area contributed by atoms with Gasteiger partial charge in [0.1, 0.15) is 11.4 Å². The molecule has 1 heterocycles. The summed E-state index contributed by atoms with van der Waals surface area (Å²) >= 11 is 1.62. The molecule has 19 heavy (non-hydrogen) atoms. The molecule has 4 nitrogen and oxygen atoms in total. The number of thiophene rings is 1. The van der Waals surface area contributed by atoms with E-state index in [2.05, 4.69) is 5.32 Å². The normalized spacial score (nSPS) is 10.7. The molecule has 0 aliphatic heterocycles. The molecule has 3 N–H and O–H groups in total. The first-order chi connectivity index (χ1) is 9.16. The van der Waals surface area contributed by atoms with Crippen LogP contribution in [-0.2, 0) is 0 Å². The summed E-state index contributed by atoms with van der Waals surface area (Å²) in [7, 11) is 0. The van der Waals surface area contributed by atoms with Crippen LogP contribution in [0.4, 0.5) is 17.1 Å². The van der Waals surface area contributed by atoms with Crippen molar-refractivity contribution in [1.82, 2.24) is 0 Å². The Morgan fingerprint density at radius 3 is 2.58 bits per heavy atom. The van der Waals surface area contributed by atoms with Crippen LogP contribution in [-0.4, -0.2) is 0 Å². The summed E-state index contributed by atoms with van der Waals surface area (Å²) in [6, 6.07) is 9.63. The van der Waals surface area contributed by atoms with Crippen molar-refractivity contribution in [2.45, 2.75) is 0 Å². The zero-order valence-corrected chi connectivity index (χ0v) is 10.7. The SMILES string of the molecule is Nc1c(Nc2cccc(-c3ccsc3)c2)c(=O)c1=O. The molecule has 0 saturated heterocycles. The molecule has 0 bridgehead atoms. The smallest absolute Gasteiger partial charge is 0.253 e. The minimum Gasteiger partial charge on any atom is -0.394 e. The second-order valence-corrected chi connectivity index (χ2v) is 4.94. The topological polar surface area (TPSA) is 72.2 Å². The maximum absolute atomic E-state index is 11.3. The number of nitrogens with one attached hydrogen (secondary N) is 1. The van der Waals surface area contributed by atoms with Gasteiger partial charge in [-0.2, -0.15) is 11.3 Å². The van der Waals surface area contributed by atoms with Crippen molar-refractivity contribution in [3.63, 3.8) is 0 Å². The molecule has 0 radical (unpaired) electrons. The van der Waals surface area contributed by atoms with E-state index in [4.69, 9.17) is 5.73 Å². The van der Waals surface area contributed by atoms with Gasteiger partial charge in [0.2, 0.25) is 0 Å². The highest BCUT2D eigenvalue weighted by Gasteiger charge is 2.17. The van der Waals surface area contributed by atoms with Crippen molar-refractivity contribution < 1.29 is 0 Å². The highest BCUT2D eigenvalue weighted by Crippen LogP contribution is 2.26. The Morgan fingerprint density at radius 2 is 1.89 bits per heavy atom. The third-order valence-corrected chi connectivity index (χ3v) is 3.62. The monoisotopic (exact) mass is 270 g/mol. The van der Waals surface area contributed by atoms with E-state index in [1.807, 2.05) is 41.1 Å². The van der Waals surface area contributed by atoms with Crippen molar-refractivity contribution in [2.75, 3.05) is 11.1 Å². The van der Waals surface area contributed by atoms with Gasteiger partial charge in [0.15, 0.2) is 0 Å². The maximum Gasteiger partial charge on any atom is 0.253 e. The molecule has 0 atom stereocenters. The number of hydrogen-bond donors (Lipinski definition) is 2. The lowest BCUT2D eigenvalue weighted by Gasteiger charge is -2.10. The number of nitrogen functional groups attached to an aromatic ring is 1. The molecule has 3 aromatic rings. The van der Waals surface area contributed by atoms with E-state index in [1.165, 1.54) is 0 Å². The van der Waals surface area contributed by atoms with Gasteiger partial charge in [0, 0.05) is 5.69 Å². The van der Waals surface area contributed by atoms with Crippen molar-refractivity contribution in [3.8, 4) is 11.1 Å². The molecule has 0 unspecified atom stereocenters. The maximum atomic E-state index is 11.3. The first-order valence-corrected chi connectivity index (χ1v) is 6.59. The predicted octanol–water partition coefficient (Wildman–Crippen LogP) is 2.34. The standard InChI is InChI=1S/C14H10N2O2S/c15-11-12(14(18)13(11)17)16-10-3-1-2-8(6-10)9-4-5-19-7-9/h1-7,16H,15H2. The van der Waals surface area contributed by atoms with E-state index in [0.717, 1.165) is 16.8 Å². The van der Waals surface area contributed by atoms with E-state index >= 15 is 0 Å². The predicted molar refractivity (Wildman–Crippen MR) is 78.8 cm³/mol. The highest BCUT2D eigenvalue weighted by molar-refractivity contribution is 7.08. The number of rotatable bonds is 3. The molecular formula is C14H10N2O2S. The first kappa shape index (κ1) is 11.7. The molecule has 0 saturated carbocycles. The van der Waals surface area contributed by atoms with Gasteiger partial charge in [-0.05, 0) is 40.1 Å². The second kappa shape index (κ2) is 4.37. The lowest BCUT2D eigenvalue weighted by molar-refractivity contribution is 1.39. The van der Waals surface area contributed by atoms with Crippen LogP contribution in [0.3, 0.4) is 0 Å². The molecule has 0 aliphatic carbocycles. The van der Waals surface area contributed by atoms with Gasteiger partial charge in [-0.1, -0.05) is 12.1 Å². The van der Waals surface area contributed by atoms with Crippen LogP contribution in [0.15, 0.2) is 50.7 Å². The van der Waals surface area contributed by atoms with Gasteiger partial charge in [0.05, 0.1) is 0 Å². The lowest BCUT2D eigenvalue weighted by Crippen LogP contribution is -2.36. The number of hydrogen-bond acceptors (Lipinski definition) is 5. The highest BCUT2D eigenvalue weighted by atomic mass is 32.1. The Morgan fingerprint density at radius 1 is 1.05 bits per heavy atom. The largest absolute Gasteiger partial charge is 0.394 e. The molecular weight excluding hydrogens is 260 g/mol. The van der Waals surface area contributed by atoms with Crippen LogP contribution >= 0.6 is 11.3 Å². The van der Waals surface area contributed by atoms with Gasteiger partial charge in [-0.15, -0.1) is 0 Å². The average molecular weight is 270 g/mol. The Labute approximate surface area is 112 Å². The molecule has 0 spiro atoms. The third-order valence-electron chi connectivity index (χ3n) is 2.93. The molecule has 2 aromatic carbocycles. The molecule has 3 rings (SSSR count). The zero-order valence-electron chi connectivity index (χ0n) is 9.84. The third kappa shape index (κ3) is 1.94. The molecule has 5 heteroatoms. The molecule has 1 aromatic heterocycles. The van der Waals surface area contributed by atoms with Crippen LogP contribution in [0, 0.1) is 0 Å². The Hall–Kier alpha value is -2.40. The fourth-order valence-electron chi connectivity index (χ4n) is 1.88. The van der Waals surface area contributed by atoms with Crippen LogP contribution in [0.1, 0.15) is 0 Å². The van der Waals surface area contributed by atoms with E-state index in [-0.39, 0.29) is 11.4 Å². The molecule has 94 valence electrons. The van der Waals surface area contributed by atoms with Gasteiger partial charge in [-0.25, -0.2) is 0 Å². The first-order valence-electron chi connectivity index (χ1n) is 5.65. The number of anilines is 3. The van der Waals surface area contributed by atoms with Crippen molar-refractivity contribution >= 4 is 28.4 Å². The molecule has 0 amide bonds. The lowest BCUT2D eigenvalue weighted by atomic mass is 10.1. The van der Waals surface area contributed by atoms with Crippen LogP contribution in [0.2, 0.25) is 0 Å². The molecule has 0 aliphatic rings. The Kier molecular flexibility index (Phi) is 2.68. The average Bonchev–Trinajstić information content (AvgIpc) is 2.98. The number of nitrogens with two attached hydrogens (primary N) is 1. The van der Waals surface area contributed by atoms with Crippen molar-refractivity contribution in [1.29, 1.82) is 0 Å². The van der Waals surface area contributed by atoms with Crippen LogP contribution in [0.5, 0.6) is 0 Å². The van der Waals surface area contributed by atoms with Crippen molar-refractivity contribution in [3.05, 3.63) is 61.5 Å². The summed E-state index contributed by atoms with van der Waals surface area (Å²) in [6.07, 6.45) is 0. The zero-order chi connectivity index (χ0) is 13.4. The second-order valence-electron chi connectivity index (χ2n) is 4.16. The van der Waals surface area contributed by atoms with Crippen LogP contribution in [0.25, 0.3) is 11.1 Å². The summed E-state index contributed by atoms with van der Waals surface area (Å²) in [5, 5.41) is 6.95. The molecule has 0 fully saturated rings. The van der Waals surface area contributed by atoms with E-state index in [1.54, 1.807) is 11.3 Å².